The molecule has 3 atom stereocenters. The van der Waals surface area contributed by atoms with Gasteiger partial charge in [-0.05, 0) is 63.7 Å². The zero-order chi connectivity index (χ0) is 12.4. The van der Waals surface area contributed by atoms with Crippen molar-refractivity contribution in [3.8, 4) is 0 Å². The molecular formula is C15H29NO. The average Bonchev–Trinajstić information content (AvgIpc) is 3.06. The van der Waals surface area contributed by atoms with Gasteiger partial charge in [-0.25, -0.2) is 0 Å². The first kappa shape index (κ1) is 13.4. The normalized spacial score (nSPS) is 34.6. The van der Waals surface area contributed by atoms with Crippen molar-refractivity contribution in [2.45, 2.75) is 65.0 Å². The van der Waals surface area contributed by atoms with E-state index in [1.54, 1.807) is 0 Å². The minimum absolute atomic E-state index is 0.0494. The molecule has 0 aromatic rings. The van der Waals surface area contributed by atoms with E-state index in [0.29, 0.717) is 12.0 Å². The first-order chi connectivity index (χ1) is 8.06. The van der Waals surface area contributed by atoms with Crippen molar-refractivity contribution in [1.29, 1.82) is 0 Å². The first-order valence-corrected chi connectivity index (χ1v) is 7.48. The van der Waals surface area contributed by atoms with Gasteiger partial charge in [0.2, 0.25) is 0 Å². The molecule has 2 fully saturated rings. The van der Waals surface area contributed by atoms with E-state index in [0.717, 1.165) is 24.8 Å². The minimum atomic E-state index is -0.0494. The molecule has 0 heterocycles. The second-order valence-electron chi connectivity index (χ2n) is 6.74. The fourth-order valence-electron chi connectivity index (χ4n) is 3.11. The van der Waals surface area contributed by atoms with Crippen LogP contribution in [0.15, 0.2) is 0 Å². The Morgan fingerprint density at radius 1 is 1.12 bits per heavy atom. The SMILES string of the molecule is CC1CCC(O)C(CN(CC2CC2)C(C)C)C1. The maximum absolute atomic E-state index is 10.1. The number of aliphatic hydroxyl groups is 1. The third-order valence-corrected chi connectivity index (χ3v) is 4.59. The van der Waals surface area contributed by atoms with E-state index in [1.165, 1.54) is 32.2 Å². The van der Waals surface area contributed by atoms with Crippen LogP contribution in [0.3, 0.4) is 0 Å². The van der Waals surface area contributed by atoms with Crippen molar-refractivity contribution >= 4 is 0 Å². The van der Waals surface area contributed by atoms with Crippen LogP contribution in [0, 0.1) is 17.8 Å². The lowest BCUT2D eigenvalue weighted by molar-refractivity contribution is 0.0235. The van der Waals surface area contributed by atoms with Gasteiger partial charge in [-0.15, -0.1) is 0 Å². The lowest BCUT2D eigenvalue weighted by Crippen LogP contribution is -2.42. The number of hydrogen-bond donors (Lipinski definition) is 1. The molecule has 2 aliphatic carbocycles. The maximum atomic E-state index is 10.1. The van der Waals surface area contributed by atoms with Crippen LogP contribution < -0.4 is 0 Å². The van der Waals surface area contributed by atoms with Crippen molar-refractivity contribution in [2.24, 2.45) is 17.8 Å². The minimum Gasteiger partial charge on any atom is -0.393 e. The summed E-state index contributed by atoms with van der Waals surface area (Å²) >= 11 is 0. The van der Waals surface area contributed by atoms with E-state index in [9.17, 15) is 5.11 Å². The Bertz CT molecular complexity index is 235. The summed E-state index contributed by atoms with van der Waals surface area (Å²) in [5.41, 5.74) is 0. The second kappa shape index (κ2) is 5.71. The van der Waals surface area contributed by atoms with Crippen LogP contribution in [-0.4, -0.2) is 35.2 Å². The fraction of sp³-hybridized carbons (Fsp3) is 1.00. The summed E-state index contributed by atoms with van der Waals surface area (Å²) in [6.45, 7) is 9.29. The van der Waals surface area contributed by atoms with Crippen LogP contribution in [0.25, 0.3) is 0 Å². The molecule has 100 valence electrons. The van der Waals surface area contributed by atoms with Gasteiger partial charge in [0.1, 0.15) is 0 Å². The monoisotopic (exact) mass is 239 g/mol. The van der Waals surface area contributed by atoms with Crippen LogP contribution in [0.5, 0.6) is 0 Å². The molecule has 0 aliphatic heterocycles. The Morgan fingerprint density at radius 3 is 2.41 bits per heavy atom. The highest BCUT2D eigenvalue weighted by Crippen LogP contribution is 2.33. The number of aliphatic hydroxyl groups excluding tert-OH is 1. The molecule has 0 spiro atoms. The molecule has 2 heteroatoms. The van der Waals surface area contributed by atoms with Gasteiger partial charge in [0.05, 0.1) is 6.10 Å². The highest BCUT2D eigenvalue weighted by atomic mass is 16.3. The van der Waals surface area contributed by atoms with E-state index in [2.05, 4.69) is 25.7 Å². The van der Waals surface area contributed by atoms with Crippen LogP contribution in [-0.2, 0) is 0 Å². The maximum Gasteiger partial charge on any atom is 0.0580 e. The van der Waals surface area contributed by atoms with E-state index in [-0.39, 0.29) is 6.10 Å². The van der Waals surface area contributed by atoms with Crippen molar-refractivity contribution in [3.63, 3.8) is 0 Å². The standard InChI is InChI=1S/C15H29NO/c1-11(2)16(9-13-5-6-13)10-14-8-12(3)4-7-15(14)17/h11-15,17H,4-10H2,1-3H3. The van der Waals surface area contributed by atoms with Crippen LogP contribution in [0.2, 0.25) is 0 Å². The zero-order valence-corrected chi connectivity index (χ0v) is 11.7. The van der Waals surface area contributed by atoms with Gasteiger partial charge in [-0.3, -0.25) is 0 Å². The number of rotatable bonds is 5. The molecule has 17 heavy (non-hydrogen) atoms. The largest absolute Gasteiger partial charge is 0.393 e. The van der Waals surface area contributed by atoms with Gasteiger partial charge in [0.15, 0.2) is 0 Å². The van der Waals surface area contributed by atoms with Crippen molar-refractivity contribution < 1.29 is 5.11 Å². The van der Waals surface area contributed by atoms with E-state index in [1.807, 2.05) is 0 Å². The van der Waals surface area contributed by atoms with E-state index in [4.69, 9.17) is 0 Å². The molecule has 2 aliphatic rings. The zero-order valence-electron chi connectivity index (χ0n) is 11.7. The molecule has 0 saturated heterocycles. The molecule has 0 aromatic carbocycles. The number of hydrogen-bond acceptors (Lipinski definition) is 2. The predicted molar refractivity (Wildman–Crippen MR) is 71.9 cm³/mol. The Balaban J connectivity index is 1.86. The van der Waals surface area contributed by atoms with Gasteiger partial charge in [-0.2, -0.15) is 0 Å². The van der Waals surface area contributed by atoms with Gasteiger partial charge >= 0.3 is 0 Å². The molecule has 2 rings (SSSR count). The van der Waals surface area contributed by atoms with Crippen molar-refractivity contribution in [2.75, 3.05) is 13.1 Å². The van der Waals surface area contributed by atoms with Crippen molar-refractivity contribution in [1.82, 2.24) is 4.90 Å². The molecule has 2 saturated carbocycles. The second-order valence-corrected chi connectivity index (χ2v) is 6.74. The van der Waals surface area contributed by atoms with Gasteiger partial charge < -0.3 is 10.0 Å². The van der Waals surface area contributed by atoms with Gasteiger partial charge in [0, 0.05) is 19.1 Å². The third-order valence-electron chi connectivity index (χ3n) is 4.59. The Labute approximate surface area is 106 Å². The molecule has 3 unspecified atom stereocenters. The summed E-state index contributed by atoms with van der Waals surface area (Å²) in [5, 5.41) is 10.1. The summed E-state index contributed by atoms with van der Waals surface area (Å²) in [6.07, 6.45) is 6.24. The summed E-state index contributed by atoms with van der Waals surface area (Å²) in [7, 11) is 0. The van der Waals surface area contributed by atoms with Crippen LogP contribution >= 0.6 is 0 Å². The van der Waals surface area contributed by atoms with Crippen LogP contribution in [0.1, 0.15) is 52.9 Å². The lowest BCUT2D eigenvalue weighted by atomic mass is 9.80. The highest BCUT2D eigenvalue weighted by Gasteiger charge is 2.31. The predicted octanol–water partition coefficient (Wildman–Crippen LogP) is 2.90. The lowest BCUT2D eigenvalue weighted by Gasteiger charge is -2.37. The quantitative estimate of drug-likeness (QED) is 0.797. The highest BCUT2D eigenvalue weighted by molar-refractivity contribution is 4.84. The molecule has 0 amide bonds. The Morgan fingerprint density at radius 2 is 1.82 bits per heavy atom. The van der Waals surface area contributed by atoms with Crippen LogP contribution in [0.4, 0.5) is 0 Å². The molecule has 0 aromatic heterocycles. The van der Waals surface area contributed by atoms with E-state index < -0.39 is 0 Å². The van der Waals surface area contributed by atoms with Gasteiger partial charge in [-0.1, -0.05) is 6.92 Å². The number of nitrogens with zero attached hydrogens (tertiary/aromatic N) is 1. The topological polar surface area (TPSA) is 23.5 Å². The van der Waals surface area contributed by atoms with E-state index >= 15 is 0 Å². The summed E-state index contributed by atoms with van der Waals surface area (Å²) in [4.78, 5) is 2.60. The first-order valence-electron chi connectivity index (χ1n) is 7.48. The summed E-state index contributed by atoms with van der Waals surface area (Å²) < 4.78 is 0. The van der Waals surface area contributed by atoms with Gasteiger partial charge in [0.25, 0.3) is 0 Å². The fourth-order valence-corrected chi connectivity index (χ4v) is 3.11. The van der Waals surface area contributed by atoms with Crippen molar-refractivity contribution in [3.05, 3.63) is 0 Å². The molecular weight excluding hydrogens is 210 g/mol. The summed E-state index contributed by atoms with van der Waals surface area (Å²) in [6, 6.07) is 0.625. The Hall–Kier alpha value is -0.0800. The smallest absolute Gasteiger partial charge is 0.0580 e. The Kier molecular flexibility index (Phi) is 4.48. The molecule has 0 radical (unpaired) electrons. The third kappa shape index (κ3) is 3.96. The average molecular weight is 239 g/mol. The summed E-state index contributed by atoms with van der Waals surface area (Å²) in [5.74, 6) is 2.27. The molecule has 0 bridgehead atoms. The molecule has 1 N–H and O–H groups in total. The molecule has 2 nitrogen and oxygen atoms in total.